The van der Waals surface area contributed by atoms with Crippen molar-refractivity contribution in [3.8, 4) is 22.6 Å². The Kier molecular flexibility index (Phi) is 5.00. The number of ether oxygens (including phenoxy) is 2. The minimum atomic E-state index is -0.801. The van der Waals surface area contributed by atoms with Gasteiger partial charge in [0.25, 0.3) is 0 Å². The lowest BCUT2D eigenvalue weighted by Gasteiger charge is -2.12. The first-order chi connectivity index (χ1) is 11.7. The van der Waals surface area contributed by atoms with E-state index in [1.54, 1.807) is 30.8 Å². The molecule has 24 heavy (non-hydrogen) atoms. The van der Waals surface area contributed by atoms with Crippen molar-refractivity contribution in [2.45, 2.75) is 6.32 Å². The standard InChI is InChI=1S/C17H17BFNO4/c1-22-16-3-2-12(7-17(16)23-5-4-19)13-6-14(10-20-9-13)15-8-18(21)24-11-15/h2-3,6-7,9-11,21H,4-5,8H2,1H3. The number of hydrogen-bond acceptors (Lipinski definition) is 5. The number of nitrogens with zero attached hydrogens (tertiary/aromatic N) is 1. The minimum absolute atomic E-state index is 0.0276. The first kappa shape index (κ1) is 16.3. The third-order valence-corrected chi connectivity index (χ3v) is 3.70. The summed E-state index contributed by atoms with van der Waals surface area (Å²) in [6, 6.07) is 7.41. The molecule has 0 unspecified atom stereocenters. The molecule has 0 aliphatic carbocycles. The second kappa shape index (κ2) is 7.36. The van der Waals surface area contributed by atoms with Gasteiger partial charge in [-0.1, -0.05) is 6.07 Å². The van der Waals surface area contributed by atoms with E-state index in [0.717, 1.165) is 22.3 Å². The summed E-state index contributed by atoms with van der Waals surface area (Å²) in [6.45, 7) is -0.596. The monoisotopic (exact) mass is 329 g/mol. The largest absolute Gasteiger partial charge is 0.542 e. The predicted octanol–water partition coefficient (Wildman–Crippen LogP) is 2.96. The number of hydrogen-bond donors (Lipinski definition) is 1. The molecule has 7 heteroatoms. The quantitative estimate of drug-likeness (QED) is 0.826. The van der Waals surface area contributed by atoms with Crippen LogP contribution in [0, 0.1) is 0 Å². The summed E-state index contributed by atoms with van der Waals surface area (Å²) in [4.78, 5) is 4.25. The highest BCUT2D eigenvalue weighted by atomic mass is 19.1. The van der Waals surface area contributed by atoms with E-state index in [0.29, 0.717) is 17.8 Å². The molecule has 1 aliphatic heterocycles. The fourth-order valence-electron chi connectivity index (χ4n) is 2.52. The van der Waals surface area contributed by atoms with Gasteiger partial charge in [0.1, 0.15) is 13.3 Å². The third kappa shape index (κ3) is 3.51. The second-order valence-electron chi connectivity index (χ2n) is 5.30. The van der Waals surface area contributed by atoms with Crippen LogP contribution in [0.2, 0.25) is 6.32 Å². The Morgan fingerprint density at radius 3 is 2.75 bits per heavy atom. The van der Waals surface area contributed by atoms with Crippen LogP contribution in [-0.4, -0.2) is 37.5 Å². The fourth-order valence-corrected chi connectivity index (χ4v) is 2.52. The summed E-state index contributed by atoms with van der Waals surface area (Å²) < 4.78 is 28.1. The highest BCUT2D eigenvalue weighted by Crippen LogP contribution is 2.34. The molecule has 2 aromatic rings. The Bertz CT molecular complexity index is 753. The first-order valence-corrected chi connectivity index (χ1v) is 7.56. The molecule has 0 fully saturated rings. The summed E-state index contributed by atoms with van der Waals surface area (Å²) in [5.74, 6) is 1.03. The predicted molar refractivity (Wildman–Crippen MR) is 89.5 cm³/mol. The first-order valence-electron chi connectivity index (χ1n) is 7.56. The molecule has 0 bridgehead atoms. The van der Waals surface area contributed by atoms with Crippen molar-refractivity contribution >= 4 is 12.7 Å². The lowest BCUT2D eigenvalue weighted by molar-refractivity contribution is 0.260. The lowest BCUT2D eigenvalue weighted by Crippen LogP contribution is -2.08. The van der Waals surface area contributed by atoms with Crippen molar-refractivity contribution in [3.63, 3.8) is 0 Å². The van der Waals surface area contributed by atoms with Gasteiger partial charge in [-0.2, -0.15) is 0 Å². The summed E-state index contributed by atoms with van der Waals surface area (Å²) in [6.07, 6.45) is 5.44. The average molecular weight is 329 g/mol. The molecule has 0 saturated carbocycles. The number of allylic oxidation sites excluding steroid dienone is 1. The van der Waals surface area contributed by atoms with Crippen molar-refractivity contribution in [1.29, 1.82) is 0 Å². The molecule has 5 nitrogen and oxygen atoms in total. The van der Waals surface area contributed by atoms with Crippen molar-refractivity contribution in [3.05, 3.63) is 48.5 Å². The minimum Gasteiger partial charge on any atom is -0.542 e. The number of aromatic nitrogens is 1. The van der Waals surface area contributed by atoms with Gasteiger partial charge in [0.05, 0.1) is 13.4 Å². The molecule has 0 amide bonds. The van der Waals surface area contributed by atoms with Crippen molar-refractivity contribution in [2.75, 3.05) is 20.4 Å². The summed E-state index contributed by atoms with van der Waals surface area (Å²) in [5, 5.41) is 9.47. The number of methoxy groups -OCH3 is 1. The molecule has 124 valence electrons. The van der Waals surface area contributed by atoms with E-state index in [1.165, 1.54) is 7.11 Å². The SMILES string of the molecule is COc1ccc(-c2cncc(C3=COB(O)C3)c2)cc1OCCF. The highest BCUT2D eigenvalue weighted by Gasteiger charge is 2.24. The van der Waals surface area contributed by atoms with Crippen LogP contribution in [0.5, 0.6) is 11.5 Å². The van der Waals surface area contributed by atoms with Crippen LogP contribution in [-0.2, 0) is 4.65 Å². The van der Waals surface area contributed by atoms with Crippen LogP contribution >= 0.6 is 0 Å². The molecule has 3 rings (SSSR count). The lowest BCUT2D eigenvalue weighted by atomic mass is 9.82. The van der Waals surface area contributed by atoms with Crippen LogP contribution in [0.15, 0.2) is 42.9 Å². The molecule has 0 saturated heterocycles. The van der Waals surface area contributed by atoms with Crippen LogP contribution in [0.25, 0.3) is 16.7 Å². The molecule has 0 radical (unpaired) electrons. The van der Waals surface area contributed by atoms with Gasteiger partial charge in [0, 0.05) is 24.3 Å². The maximum absolute atomic E-state index is 12.4. The molecular formula is C17H17BFNO4. The zero-order chi connectivity index (χ0) is 16.9. The van der Waals surface area contributed by atoms with Crippen LogP contribution in [0.4, 0.5) is 4.39 Å². The summed E-state index contributed by atoms with van der Waals surface area (Å²) >= 11 is 0. The molecule has 1 aromatic heterocycles. The molecule has 1 aliphatic rings. The van der Waals surface area contributed by atoms with Crippen molar-refractivity contribution < 1.29 is 23.5 Å². The second-order valence-corrected chi connectivity index (χ2v) is 5.30. The van der Waals surface area contributed by atoms with Crippen LogP contribution in [0.1, 0.15) is 5.56 Å². The molecule has 1 aromatic carbocycles. The molecular weight excluding hydrogens is 312 g/mol. The van der Waals surface area contributed by atoms with E-state index in [-0.39, 0.29) is 6.61 Å². The zero-order valence-corrected chi connectivity index (χ0v) is 13.2. The van der Waals surface area contributed by atoms with Crippen LogP contribution in [0.3, 0.4) is 0 Å². The van der Waals surface area contributed by atoms with Crippen molar-refractivity contribution in [1.82, 2.24) is 4.98 Å². The van der Waals surface area contributed by atoms with E-state index in [2.05, 4.69) is 4.98 Å². The Morgan fingerprint density at radius 2 is 2.04 bits per heavy atom. The normalized spacial score (nSPS) is 13.5. The van der Waals surface area contributed by atoms with Gasteiger partial charge in [-0.3, -0.25) is 4.98 Å². The fraction of sp³-hybridized carbons (Fsp3) is 0.235. The van der Waals surface area contributed by atoms with Gasteiger partial charge in [-0.05, 0) is 34.9 Å². The Hall–Kier alpha value is -2.54. The average Bonchev–Trinajstić information content (AvgIpc) is 3.06. The highest BCUT2D eigenvalue weighted by molar-refractivity contribution is 6.47. The van der Waals surface area contributed by atoms with Gasteiger partial charge in [0.15, 0.2) is 11.5 Å². The Labute approximate surface area is 139 Å². The number of halogens is 1. The Balaban J connectivity index is 1.91. The van der Waals surface area contributed by atoms with E-state index in [4.69, 9.17) is 14.1 Å². The molecule has 1 N–H and O–H groups in total. The number of rotatable bonds is 6. The Morgan fingerprint density at radius 1 is 1.21 bits per heavy atom. The number of benzene rings is 1. The van der Waals surface area contributed by atoms with Gasteiger partial charge < -0.3 is 19.2 Å². The summed E-state index contributed by atoms with van der Waals surface area (Å²) in [5.41, 5.74) is 3.52. The molecule has 0 spiro atoms. The van der Waals surface area contributed by atoms with E-state index in [1.807, 2.05) is 12.1 Å². The number of pyridine rings is 1. The topological polar surface area (TPSA) is 60.8 Å². The maximum Gasteiger partial charge on any atom is 0.526 e. The summed E-state index contributed by atoms with van der Waals surface area (Å²) in [7, 11) is 0.738. The van der Waals surface area contributed by atoms with E-state index >= 15 is 0 Å². The van der Waals surface area contributed by atoms with Gasteiger partial charge in [0.2, 0.25) is 0 Å². The van der Waals surface area contributed by atoms with Gasteiger partial charge >= 0.3 is 7.12 Å². The van der Waals surface area contributed by atoms with Gasteiger partial charge in [-0.25, -0.2) is 4.39 Å². The smallest absolute Gasteiger partial charge is 0.526 e. The van der Waals surface area contributed by atoms with E-state index in [9.17, 15) is 9.41 Å². The third-order valence-electron chi connectivity index (χ3n) is 3.70. The van der Waals surface area contributed by atoms with Crippen molar-refractivity contribution in [2.24, 2.45) is 0 Å². The molecule has 0 atom stereocenters. The van der Waals surface area contributed by atoms with E-state index < -0.39 is 13.8 Å². The zero-order valence-electron chi connectivity index (χ0n) is 13.2. The maximum atomic E-state index is 12.4. The number of alkyl halides is 1. The van der Waals surface area contributed by atoms with Gasteiger partial charge in [-0.15, -0.1) is 0 Å². The van der Waals surface area contributed by atoms with Crippen LogP contribution < -0.4 is 9.47 Å². The molecule has 2 heterocycles.